The minimum atomic E-state index is -0.687. The van der Waals surface area contributed by atoms with Crippen LogP contribution in [-0.4, -0.2) is 24.3 Å². The Morgan fingerprint density at radius 3 is 2.49 bits per heavy atom. The van der Waals surface area contributed by atoms with Crippen molar-refractivity contribution in [2.75, 3.05) is 13.7 Å². The SMILES string of the molecule is CCOC(=O)C1=C(C)N=c2s/c(=C\c3cccc(OC)c3OCc3ccc(F)cc3)c(=O)n2[C@H]1c1ccc(C)cc1. The lowest BCUT2D eigenvalue weighted by Crippen LogP contribution is -2.39. The van der Waals surface area contributed by atoms with E-state index in [2.05, 4.69) is 4.99 Å². The number of fused-ring (bicyclic) bond motifs is 1. The number of allylic oxidation sites excluding steroid dienone is 1. The van der Waals surface area contributed by atoms with E-state index in [4.69, 9.17) is 14.2 Å². The van der Waals surface area contributed by atoms with Crippen molar-refractivity contribution < 1.29 is 23.4 Å². The van der Waals surface area contributed by atoms with Gasteiger partial charge in [0.15, 0.2) is 16.3 Å². The number of halogens is 1. The first-order valence-corrected chi connectivity index (χ1v) is 13.9. The van der Waals surface area contributed by atoms with Crippen molar-refractivity contribution in [3.63, 3.8) is 0 Å². The lowest BCUT2D eigenvalue weighted by atomic mass is 9.95. The van der Waals surface area contributed by atoms with Gasteiger partial charge in [-0.05, 0) is 56.2 Å². The Labute approximate surface area is 240 Å². The van der Waals surface area contributed by atoms with Crippen LogP contribution in [0.15, 0.2) is 87.8 Å². The molecule has 0 bridgehead atoms. The number of benzene rings is 3. The molecule has 0 unspecified atom stereocenters. The van der Waals surface area contributed by atoms with Crippen molar-refractivity contribution in [2.45, 2.75) is 33.4 Å². The second-order valence-corrected chi connectivity index (χ2v) is 10.5. The maximum absolute atomic E-state index is 14.0. The third-order valence-corrected chi connectivity index (χ3v) is 7.71. The van der Waals surface area contributed by atoms with Gasteiger partial charge in [0.2, 0.25) is 0 Å². The molecule has 0 fully saturated rings. The molecule has 41 heavy (non-hydrogen) atoms. The average Bonchev–Trinajstić information content (AvgIpc) is 3.26. The van der Waals surface area contributed by atoms with Crippen LogP contribution >= 0.6 is 11.3 Å². The van der Waals surface area contributed by atoms with Crippen molar-refractivity contribution in [2.24, 2.45) is 4.99 Å². The number of hydrogen-bond donors (Lipinski definition) is 0. The number of aromatic nitrogens is 1. The summed E-state index contributed by atoms with van der Waals surface area (Å²) in [5, 5.41) is 0. The molecule has 210 valence electrons. The zero-order chi connectivity index (χ0) is 29.1. The Morgan fingerprint density at radius 2 is 1.80 bits per heavy atom. The molecule has 1 atom stereocenters. The lowest BCUT2D eigenvalue weighted by molar-refractivity contribution is -0.139. The Hall–Kier alpha value is -4.50. The van der Waals surface area contributed by atoms with E-state index in [1.165, 1.54) is 23.5 Å². The summed E-state index contributed by atoms with van der Waals surface area (Å²) < 4.78 is 32.4. The maximum atomic E-state index is 14.0. The second kappa shape index (κ2) is 11.9. The quantitative estimate of drug-likeness (QED) is 0.283. The van der Waals surface area contributed by atoms with Crippen LogP contribution in [0.3, 0.4) is 0 Å². The summed E-state index contributed by atoms with van der Waals surface area (Å²) in [4.78, 5) is 32.2. The topological polar surface area (TPSA) is 79.1 Å². The predicted octanol–water partition coefficient (Wildman–Crippen LogP) is 4.83. The molecular formula is C32H29FN2O5S. The number of thiazole rings is 1. The molecule has 5 rings (SSSR count). The molecule has 1 aromatic heterocycles. The predicted molar refractivity (Wildman–Crippen MR) is 155 cm³/mol. The van der Waals surface area contributed by atoms with Crippen molar-refractivity contribution in [3.05, 3.63) is 126 Å². The summed E-state index contributed by atoms with van der Waals surface area (Å²) in [6.07, 6.45) is 1.74. The summed E-state index contributed by atoms with van der Waals surface area (Å²) in [5.74, 6) is 0.112. The van der Waals surface area contributed by atoms with Gasteiger partial charge in [0.25, 0.3) is 5.56 Å². The Kier molecular flexibility index (Phi) is 8.16. The lowest BCUT2D eigenvalue weighted by Gasteiger charge is -2.24. The number of rotatable bonds is 8. The molecule has 0 spiro atoms. The van der Waals surface area contributed by atoms with Crippen molar-refractivity contribution in [1.29, 1.82) is 0 Å². The maximum Gasteiger partial charge on any atom is 0.338 e. The van der Waals surface area contributed by atoms with Crippen molar-refractivity contribution in [1.82, 2.24) is 4.57 Å². The molecular weight excluding hydrogens is 543 g/mol. The monoisotopic (exact) mass is 572 g/mol. The van der Waals surface area contributed by atoms with Gasteiger partial charge in [-0.15, -0.1) is 0 Å². The average molecular weight is 573 g/mol. The standard InChI is InChI=1S/C32H29FN2O5S/c1-5-39-31(37)27-20(3)34-32-35(28(27)22-13-9-19(2)10-14-22)30(36)26(41-32)17-23-7-6-8-25(38-4)29(23)40-18-21-11-15-24(33)16-12-21/h6-17,28H,5,18H2,1-4H3/b26-17-/t28-/m0/s1. The summed E-state index contributed by atoms with van der Waals surface area (Å²) in [5.41, 5.74) is 3.80. The first kappa shape index (κ1) is 28.0. The van der Waals surface area contributed by atoms with Gasteiger partial charge in [-0.1, -0.05) is 65.4 Å². The third kappa shape index (κ3) is 5.71. The molecule has 9 heteroatoms. The van der Waals surface area contributed by atoms with E-state index in [1.54, 1.807) is 49.8 Å². The number of ether oxygens (including phenoxy) is 3. The van der Waals surface area contributed by atoms with Crippen LogP contribution in [0.1, 0.15) is 42.1 Å². The highest BCUT2D eigenvalue weighted by Crippen LogP contribution is 2.33. The van der Waals surface area contributed by atoms with Gasteiger partial charge in [0, 0.05) is 5.56 Å². The number of para-hydroxylation sites is 1. The van der Waals surface area contributed by atoms with Crippen LogP contribution in [0.2, 0.25) is 0 Å². The Balaban J connectivity index is 1.63. The van der Waals surface area contributed by atoms with Gasteiger partial charge in [0.05, 0.1) is 35.6 Å². The normalized spacial score (nSPS) is 14.9. The van der Waals surface area contributed by atoms with Gasteiger partial charge in [-0.25, -0.2) is 14.2 Å². The molecule has 3 aromatic carbocycles. The highest BCUT2D eigenvalue weighted by Gasteiger charge is 2.33. The fraction of sp³-hybridized carbons (Fsp3) is 0.219. The van der Waals surface area contributed by atoms with Crippen LogP contribution in [0, 0.1) is 12.7 Å². The van der Waals surface area contributed by atoms with Crippen LogP contribution in [0.4, 0.5) is 4.39 Å². The second-order valence-electron chi connectivity index (χ2n) is 9.51. The molecule has 0 amide bonds. The number of esters is 1. The fourth-order valence-electron chi connectivity index (χ4n) is 4.69. The molecule has 1 aliphatic heterocycles. The zero-order valence-electron chi connectivity index (χ0n) is 23.1. The molecule has 1 aliphatic rings. The van der Waals surface area contributed by atoms with Gasteiger partial charge >= 0.3 is 5.97 Å². The molecule has 7 nitrogen and oxygen atoms in total. The van der Waals surface area contributed by atoms with E-state index in [1.807, 2.05) is 43.3 Å². The summed E-state index contributed by atoms with van der Waals surface area (Å²) >= 11 is 1.23. The van der Waals surface area contributed by atoms with Gasteiger partial charge in [0.1, 0.15) is 12.4 Å². The van der Waals surface area contributed by atoms with Gasteiger partial charge in [-0.2, -0.15) is 0 Å². The molecule has 2 heterocycles. The smallest absolute Gasteiger partial charge is 0.338 e. The minimum absolute atomic E-state index is 0.179. The number of methoxy groups -OCH3 is 1. The number of aryl methyl sites for hydroxylation is 1. The number of hydrogen-bond acceptors (Lipinski definition) is 7. The molecule has 0 N–H and O–H groups in total. The summed E-state index contributed by atoms with van der Waals surface area (Å²) in [6.45, 7) is 5.86. The molecule has 0 radical (unpaired) electrons. The highest BCUT2D eigenvalue weighted by atomic mass is 32.1. The van der Waals surface area contributed by atoms with Crippen molar-refractivity contribution >= 4 is 23.4 Å². The van der Waals surface area contributed by atoms with Crippen LogP contribution in [0.25, 0.3) is 6.08 Å². The first-order chi connectivity index (χ1) is 19.8. The van der Waals surface area contributed by atoms with E-state index >= 15 is 0 Å². The van der Waals surface area contributed by atoms with Gasteiger partial charge < -0.3 is 14.2 Å². The third-order valence-electron chi connectivity index (χ3n) is 6.72. The summed E-state index contributed by atoms with van der Waals surface area (Å²) in [7, 11) is 1.54. The minimum Gasteiger partial charge on any atom is -0.493 e. The van der Waals surface area contributed by atoms with E-state index in [0.29, 0.717) is 37.7 Å². The largest absolute Gasteiger partial charge is 0.493 e. The number of carbonyl (C=O) groups is 1. The first-order valence-electron chi connectivity index (χ1n) is 13.1. The van der Waals surface area contributed by atoms with E-state index in [0.717, 1.165) is 16.7 Å². The Bertz CT molecular complexity index is 1800. The number of nitrogens with zero attached hydrogens (tertiary/aromatic N) is 2. The van der Waals surface area contributed by atoms with Crippen LogP contribution < -0.4 is 24.4 Å². The van der Waals surface area contributed by atoms with Crippen LogP contribution in [-0.2, 0) is 16.1 Å². The molecule has 0 aliphatic carbocycles. The number of carbonyl (C=O) groups excluding carboxylic acids is 1. The van der Waals surface area contributed by atoms with E-state index in [9.17, 15) is 14.0 Å². The molecule has 0 saturated heterocycles. The highest BCUT2D eigenvalue weighted by molar-refractivity contribution is 7.07. The van der Waals surface area contributed by atoms with E-state index in [-0.39, 0.29) is 24.6 Å². The van der Waals surface area contributed by atoms with E-state index < -0.39 is 12.0 Å². The fourth-order valence-corrected chi connectivity index (χ4v) is 5.73. The Morgan fingerprint density at radius 1 is 1.07 bits per heavy atom. The zero-order valence-corrected chi connectivity index (χ0v) is 24.0. The molecule has 4 aromatic rings. The summed E-state index contributed by atoms with van der Waals surface area (Å²) in [6, 6.07) is 18.5. The molecule has 0 saturated carbocycles. The van der Waals surface area contributed by atoms with Crippen molar-refractivity contribution in [3.8, 4) is 11.5 Å². The van der Waals surface area contributed by atoms with Crippen LogP contribution in [0.5, 0.6) is 11.5 Å². The van der Waals surface area contributed by atoms with Gasteiger partial charge in [-0.3, -0.25) is 9.36 Å².